The maximum atomic E-state index is 6.26. The number of halogens is 1. The summed E-state index contributed by atoms with van der Waals surface area (Å²) in [5, 5.41) is 4.96. The van der Waals surface area contributed by atoms with Crippen LogP contribution in [-0.4, -0.2) is 16.6 Å². The number of nitrogen functional groups attached to an aromatic ring is 1. The Morgan fingerprint density at radius 3 is 3.00 bits per heavy atom. The molecule has 1 aromatic heterocycles. The standard InChI is InChI=1S/C12H12ClN3O2/c1-16-11(14)4-9(15-16)12-7-5-17-6-18-10(7)3-2-8(12)13/h2-4H,5-6,14H2,1H3. The van der Waals surface area contributed by atoms with Crippen molar-refractivity contribution in [3.63, 3.8) is 0 Å². The number of hydrogen-bond donors (Lipinski definition) is 1. The van der Waals surface area contributed by atoms with Gasteiger partial charge in [0, 0.05) is 24.2 Å². The van der Waals surface area contributed by atoms with E-state index in [1.54, 1.807) is 23.9 Å². The van der Waals surface area contributed by atoms with Gasteiger partial charge in [0.15, 0.2) is 6.79 Å². The first-order valence-corrected chi connectivity index (χ1v) is 5.86. The molecule has 1 aliphatic rings. The second-order valence-corrected chi connectivity index (χ2v) is 4.49. The van der Waals surface area contributed by atoms with Crippen LogP contribution in [0.5, 0.6) is 5.75 Å². The van der Waals surface area contributed by atoms with E-state index in [2.05, 4.69) is 5.10 Å². The molecule has 2 heterocycles. The largest absolute Gasteiger partial charge is 0.467 e. The highest BCUT2D eigenvalue weighted by atomic mass is 35.5. The Kier molecular flexibility index (Phi) is 2.65. The van der Waals surface area contributed by atoms with E-state index in [9.17, 15) is 0 Å². The quantitative estimate of drug-likeness (QED) is 0.859. The van der Waals surface area contributed by atoms with E-state index in [1.165, 1.54) is 0 Å². The molecule has 0 spiro atoms. The third kappa shape index (κ3) is 1.72. The molecular weight excluding hydrogens is 254 g/mol. The average Bonchev–Trinajstić information content (AvgIpc) is 2.69. The predicted molar refractivity (Wildman–Crippen MR) is 68.4 cm³/mol. The molecule has 0 atom stereocenters. The van der Waals surface area contributed by atoms with Crippen molar-refractivity contribution in [2.24, 2.45) is 7.05 Å². The maximum Gasteiger partial charge on any atom is 0.189 e. The fourth-order valence-corrected chi connectivity index (χ4v) is 2.28. The van der Waals surface area contributed by atoms with Crippen LogP contribution < -0.4 is 10.5 Å². The molecule has 0 unspecified atom stereocenters. The highest BCUT2D eigenvalue weighted by Crippen LogP contribution is 2.38. The number of rotatable bonds is 1. The van der Waals surface area contributed by atoms with Crippen LogP contribution in [0.4, 0.5) is 5.82 Å². The number of aromatic nitrogens is 2. The molecule has 3 rings (SSSR count). The molecule has 18 heavy (non-hydrogen) atoms. The van der Waals surface area contributed by atoms with Crippen molar-refractivity contribution < 1.29 is 9.47 Å². The molecule has 0 saturated carbocycles. The Bertz CT molecular complexity index is 590. The highest BCUT2D eigenvalue weighted by molar-refractivity contribution is 6.33. The summed E-state index contributed by atoms with van der Waals surface area (Å²) in [7, 11) is 1.79. The van der Waals surface area contributed by atoms with Crippen LogP contribution in [0, 0.1) is 0 Å². The lowest BCUT2D eigenvalue weighted by atomic mass is 10.0. The van der Waals surface area contributed by atoms with Gasteiger partial charge in [0.05, 0.1) is 17.3 Å². The summed E-state index contributed by atoms with van der Waals surface area (Å²) in [6, 6.07) is 5.43. The van der Waals surface area contributed by atoms with Gasteiger partial charge < -0.3 is 15.2 Å². The van der Waals surface area contributed by atoms with Gasteiger partial charge in [-0.25, -0.2) is 0 Å². The lowest BCUT2D eigenvalue weighted by molar-refractivity contribution is -0.0160. The zero-order chi connectivity index (χ0) is 12.7. The van der Waals surface area contributed by atoms with Gasteiger partial charge in [-0.3, -0.25) is 4.68 Å². The smallest absolute Gasteiger partial charge is 0.189 e. The Morgan fingerprint density at radius 1 is 1.44 bits per heavy atom. The Morgan fingerprint density at radius 2 is 2.28 bits per heavy atom. The molecule has 6 heteroatoms. The van der Waals surface area contributed by atoms with E-state index in [4.69, 9.17) is 26.8 Å². The van der Waals surface area contributed by atoms with Crippen molar-refractivity contribution in [1.82, 2.24) is 9.78 Å². The minimum absolute atomic E-state index is 0.262. The molecule has 0 saturated heterocycles. The Balaban J connectivity index is 2.21. The second kappa shape index (κ2) is 4.19. The zero-order valence-electron chi connectivity index (χ0n) is 9.81. The van der Waals surface area contributed by atoms with Crippen LogP contribution >= 0.6 is 11.6 Å². The van der Waals surface area contributed by atoms with Crippen LogP contribution in [0.25, 0.3) is 11.3 Å². The van der Waals surface area contributed by atoms with Crippen LogP contribution in [0.3, 0.4) is 0 Å². The lowest BCUT2D eigenvalue weighted by Gasteiger charge is -2.20. The van der Waals surface area contributed by atoms with Crippen molar-refractivity contribution >= 4 is 17.4 Å². The number of anilines is 1. The molecule has 5 nitrogen and oxygen atoms in total. The topological polar surface area (TPSA) is 62.3 Å². The normalized spacial score (nSPS) is 14.1. The number of aryl methyl sites for hydroxylation is 1. The summed E-state index contributed by atoms with van der Waals surface area (Å²) < 4.78 is 12.3. The fourth-order valence-electron chi connectivity index (χ4n) is 2.01. The van der Waals surface area contributed by atoms with Crippen molar-refractivity contribution in [3.8, 4) is 17.0 Å². The molecular formula is C12H12ClN3O2. The van der Waals surface area contributed by atoms with Crippen molar-refractivity contribution in [2.45, 2.75) is 6.61 Å². The predicted octanol–water partition coefficient (Wildman–Crippen LogP) is 2.19. The van der Waals surface area contributed by atoms with E-state index in [0.29, 0.717) is 17.4 Å². The number of nitrogens with zero attached hydrogens (tertiary/aromatic N) is 2. The number of hydrogen-bond acceptors (Lipinski definition) is 4. The molecule has 1 aliphatic heterocycles. The van der Waals surface area contributed by atoms with Gasteiger partial charge in [-0.15, -0.1) is 0 Å². The molecule has 1 aromatic carbocycles. The Hall–Kier alpha value is -1.72. The SMILES string of the molecule is Cn1nc(-c2c(Cl)ccc3c2COCO3)cc1N. The first-order valence-electron chi connectivity index (χ1n) is 5.48. The summed E-state index contributed by atoms with van der Waals surface area (Å²) in [6.45, 7) is 0.722. The summed E-state index contributed by atoms with van der Waals surface area (Å²) in [5.74, 6) is 1.36. The van der Waals surface area contributed by atoms with Crippen molar-refractivity contribution in [3.05, 3.63) is 28.8 Å². The summed E-state index contributed by atoms with van der Waals surface area (Å²) in [6.07, 6.45) is 0. The molecule has 2 aromatic rings. The number of ether oxygens (including phenoxy) is 2. The van der Waals surface area contributed by atoms with Gasteiger partial charge in [0.25, 0.3) is 0 Å². The zero-order valence-corrected chi connectivity index (χ0v) is 10.6. The molecule has 0 fully saturated rings. The van der Waals surface area contributed by atoms with Crippen molar-refractivity contribution in [2.75, 3.05) is 12.5 Å². The highest BCUT2D eigenvalue weighted by Gasteiger charge is 2.20. The third-order valence-corrected chi connectivity index (χ3v) is 3.25. The molecule has 2 N–H and O–H groups in total. The average molecular weight is 266 g/mol. The van der Waals surface area contributed by atoms with Crippen LogP contribution in [-0.2, 0) is 18.4 Å². The van der Waals surface area contributed by atoms with Gasteiger partial charge >= 0.3 is 0 Å². The van der Waals surface area contributed by atoms with Gasteiger partial charge in [-0.2, -0.15) is 5.10 Å². The molecule has 94 valence electrons. The van der Waals surface area contributed by atoms with Gasteiger partial charge in [-0.1, -0.05) is 11.6 Å². The maximum absolute atomic E-state index is 6.26. The van der Waals surface area contributed by atoms with E-state index in [1.807, 2.05) is 6.07 Å². The van der Waals surface area contributed by atoms with E-state index >= 15 is 0 Å². The molecule has 0 amide bonds. The molecule has 0 bridgehead atoms. The van der Waals surface area contributed by atoms with Gasteiger partial charge in [-0.05, 0) is 12.1 Å². The van der Waals surface area contributed by atoms with E-state index < -0.39 is 0 Å². The molecule has 0 aliphatic carbocycles. The van der Waals surface area contributed by atoms with E-state index in [-0.39, 0.29) is 6.79 Å². The Labute approximate surface area is 109 Å². The van der Waals surface area contributed by atoms with Gasteiger partial charge in [0.2, 0.25) is 0 Å². The second-order valence-electron chi connectivity index (χ2n) is 4.09. The monoisotopic (exact) mass is 265 g/mol. The summed E-state index contributed by atoms with van der Waals surface area (Å²) >= 11 is 6.26. The first kappa shape index (κ1) is 11.4. The van der Waals surface area contributed by atoms with E-state index in [0.717, 1.165) is 22.6 Å². The summed E-state index contributed by atoms with van der Waals surface area (Å²) in [5.41, 5.74) is 8.26. The minimum atomic E-state index is 0.262. The fraction of sp³-hybridized carbons (Fsp3) is 0.250. The minimum Gasteiger partial charge on any atom is -0.467 e. The first-order chi connectivity index (χ1) is 8.66. The third-order valence-electron chi connectivity index (χ3n) is 2.94. The number of nitrogens with two attached hydrogens (primary N) is 1. The van der Waals surface area contributed by atoms with Crippen LogP contribution in [0.2, 0.25) is 5.02 Å². The van der Waals surface area contributed by atoms with Crippen LogP contribution in [0.1, 0.15) is 5.56 Å². The molecule has 0 radical (unpaired) electrons. The summed E-state index contributed by atoms with van der Waals surface area (Å²) in [4.78, 5) is 0. The lowest BCUT2D eigenvalue weighted by Crippen LogP contribution is -2.12. The van der Waals surface area contributed by atoms with Gasteiger partial charge in [0.1, 0.15) is 11.6 Å². The number of benzene rings is 1. The van der Waals surface area contributed by atoms with Crippen molar-refractivity contribution in [1.29, 1.82) is 0 Å². The number of fused-ring (bicyclic) bond motifs is 1. The van der Waals surface area contributed by atoms with Crippen LogP contribution in [0.15, 0.2) is 18.2 Å².